The van der Waals surface area contributed by atoms with E-state index < -0.39 is 34.0 Å². The van der Waals surface area contributed by atoms with Gasteiger partial charge in [-0.1, -0.05) is 48.5 Å². The maximum absolute atomic E-state index is 8.08. The molecule has 5 heterocycles. The van der Waals surface area contributed by atoms with Gasteiger partial charge in [0.05, 0.1) is 10.8 Å². The molecule has 8 nitrogen and oxygen atoms in total. The van der Waals surface area contributed by atoms with Gasteiger partial charge < -0.3 is 4.98 Å². The van der Waals surface area contributed by atoms with Crippen molar-refractivity contribution in [2.45, 2.75) is 34.0 Å². The Morgan fingerprint density at radius 2 is 0.318 bits per heavy atom. The number of rotatable bonds is 0. The van der Waals surface area contributed by atoms with E-state index in [-0.39, 0.29) is 0 Å². The first kappa shape index (κ1) is 54.6. The normalized spacial score (nSPS) is 24.1. The van der Waals surface area contributed by atoms with Crippen LogP contribution in [0.1, 0.15) is 55.6 Å². The van der Waals surface area contributed by atoms with Gasteiger partial charge in [-0.05, 0) is 626 Å². The quantitative estimate of drug-likeness (QED) is 0.145. The lowest BCUT2D eigenvalue weighted by Gasteiger charge is -2.52. The molecule has 2 atom stereocenters. The summed E-state index contributed by atoms with van der Waals surface area (Å²) in [5.41, 5.74) is 11.7. The molecule has 1 aromatic heterocycles. The van der Waals surface area contributed by atoms with Gasteiger partial charge in [-0.15, -0.1) is 0 Å². The molecule has 71 rings (SSSR count). The molecule has 148 heavy (non-hydrogen) atoms. The van der Waals surface area contributed by atoms with Crippen LogP contribution >= 0.6 is 0 Å². The zero-order chi connectivity index (χ0) is 87.2. The minimum absolute atomic E-state index is 0.664. The van der Waals surface area contributed by atoms with Crippen LogP contribution in [0.4, 0.5) is 0 Å². The number of hydrogen-bond acceptors (Lipinski definition) is 7. The van der Waals surface area contributed by atoms with Crippen molar-refractivity contribution in [3.63, 3.8) is 0 Å². The van der Waals surface area contributed by atoms with E-state index in [1.165, 1.54) is 65.3 Å². The molecule has 612 valence electrons. The molecule has 58 aromatic carbocycles. The smallest absolute Gasteiger partial charge is 0.164 e. The van der Waals surface area contributed by atoms with Gasteiger partial charge in [0.1, 0.15) is 45.8 Å². The molecule has 0 saturated carbocycles. The zero-order valence-corrected chi connectivity index (χ0v) is 74.5. The van der Waals surface area contributed by atoms with Crippen molar-refractivity contribution in [1.29, 1.82) is 0 Å². The van der Waals surface area contributed by atoms with Crippen molar-refractivity contribution in [2.24, 2.45) is 30.0 Å². The van der Waals surface area contributed by atoms with Gasteiger partial charge in [0.2, 0.25) is 0 Å². The highest BCUT2D eigenvalue weighted by atomic mass is 15.3. The summed E-state index contributed by atoms with van der Waals surface area (Å²) in [6.45, 7) is 0. The van der Waals surface area contributed by atoms with Crippen LogP contribution in [0.25, 0.3) is 592 Å². The lowest BCUT2D eigenvalue weighted by atomic mass is 9.48. The minimum Gasteiger partial charge on any atom is -0.324 e. The second-order valence-corrected chi connectivity index (χ2v) is 53.5. The minimum atomic E-state index is -1.13. The summed E-state index contributed by atoms with van der Waals surface area (Å²) >= 11 is 0. The summed E-state index contributed by atoms with van der Waals surface area (Å²) in [7, 11) is 0. The molecule has 8 bridgehead atoms. The van der Waals surface area contributed by atoms with E-state index in [9.17, 15) is 0 Å². The number of aliphatic imine (C=N–C) groups is 4. The molecule has 4 aliphatic heterocycles. The number of amidine groups is 4. The Morgan fingerprint density at radius 1 is 0.149 bits per heavy atom. The number of benzene rings is 38. The number of H-pyrrole nitrogens is 1. The van der Waals surface area contributed by atoms with Crippen LogP contribution in [0.15, 0.2) is 78.5 Å². The fourth-order valence-corrected chi connectivity index (χ4v) is 52.6. The maximum Gasteiger partial charge on any atom is 0.164 e. The van der Waals surface area contributed by atoms with E-state index in [4.69, 9.17) is 35.3 Å². The summed E-state index contributed by atoms with van der Waals surface area (Å²) in [5.74, 6) is 3.31. The summed E-state index contributed by atoms with van der Waals surface area (Å²) in [6.07, 6.45) is -1.38. The Hall–Kier alpha value is -18.9. The molecule has 2 N–H and O–H groups in total. The second kappa shape index (κ2) is 12.6. The number of hydrogen-bond donors (Lipinski definition) is 2. The van der Waals surface area contributed by atoms with E-state index in [0.29, 0.717) is 5.84 Å². The number of fused-ring (bicyclic) bond motifs is 12. The van der Waals surface area contributed by atoms with Crippen molar-refractivity contribution in [3.8, 4) is 0 Å². The first-order valence-corrected chi connectivity index (χ1v) is 54.6. The number of nitrogens with one attached hydrogen (secondary N) is 2. The van der Waals surface area contributed by atoms with Gasteiger partial charge >= 0.3 is 0 Å². The van der Waals surface area contributed by atoms with Crippen molar-refractivity contribution < 1.29 is 0 Å². The first-order chi connectivity index (χ1) is 73.8. The lowest BCUT2D eigenvalue weighted by molar-refractivity contribution is 0.335. The van der Waals surface area contributed by atoms with Crippen LogP contribution in [0.3, 0.4) is 0 Å². The Labute approximate surface area is 799 Å². The van der Waals surface area contributed by atoms with Gasteiger partial charge in [0.15, 0.2) is 11.7 Å². The van der Waals surface area contributed by atoms with Gasteiger partial charge in [-0.2, -0.15) is 0 Å². The number of nitrogens with zero attached hydrogens (tertiary/aromatic N) is 6. The third-order valence-electron chi connectivity index (χ3n) is 53.0. The maximum atomic E-state index is 8.08. The molecule has 8 aliphatic carbocycles. The van der Waals surface area contributed by atoms with Crippen LogP contribution in [0.2, 0.25) is 0 Å². The lowest BCUT2D eigenvalue weighted by Crippen LogP contribution is -2.57. The SMILES string of the molecule is c1ccc2c(c1)C1=N/C2=N/C2NC(N=C3N=C(N=c4[nH]c(c5ccccc45)=N1)C14c5c6c7c8c9c%10c(c%11c%12c1c1c5c5c%13c6c6c7c7c9c9c%14c%10c%10c%11c%11c%12c%12c1c1c5c5c%13c%13c6c6c7c9c7c9c%14c%10c%10c%11c%11c%12c1c1c5c5c%13c6c7c6c9c%10c%11c1c56)C384)C13c4c5c6c7c8c9c(c%10c%11c1c1c4c4c%12c5c5c6c6c8c8c%13c9c9c%10c%10c%11c%11c1c1c4c4c%12c%12c5c5c6c8c6c8c%13c9c9c%10c%10c%11c1c1c4c4c%12c5c6c5c8c9c%10c1c45)C723. The van der Waals surface area contributed by atoms with Gasteiger partial charge in [-0.3, -0.25) is 5.32 Å². The average Bonchev–Trinajstić information content (AvgIpc) is 1.38. The molecule has 4 spiro atoms. The molecule has 1 fully saturated rings. The molecule has 8 heteroatoms. The summed E-state index contributed by atoms with van der Waals surface area (Å²) in [4.78, 5) is 46.5. The van der Waals surface area contributed by atoms with E-state index in [2.05, 4.69) is 53.5 Å². The summed E-state index contributed by atoms with van der Waals surface area (Å²) < 4.78 is 0. The predicted octanol–water partition coefficient (Wildman–Crippen LogP) is 33.3. The molecule has 59 aromatic rings. The molecule has 2 unspecified atom stereocenters. The summed E-state index contributed by atoms with van der Waals surface area (Å²) in [5, 5.41) is 178. The molecule has 1 saturated heterocycles. The Kier molecular flexibility index (Phi) is 4.65. The van der Waals surface area contributed by atoms with Crippen LogP contribution in [-0.4, -0.2) is 40.7 Å². The molecular formula is C140H12N8. The molecule has 0 radical (unpaired) electrons. The van der Waals surface area contributed by atoms with Gasteiger partial charge in [0.25, 0.3) is 0 Å². The van der Waals surface area contributed by atoms with Crippen LogP contribution in [0.5, 0.6) is 0 Å². The van der Waals surface area contributed by atoms with E-state index in [0.717, 1.165) is 50.4 Å². The Bertz CT molecular complexity index is 17500. The Morgan fingerprint density at radius 3 is 0.534 bits per heavy atom. The highest BCUT2D eigenvalue weighted by molar-refractivity contribution is 6.88. The van der Waals surface area contributed by atoms with Crippen molar-refractivity contribution in [3.05, 3.63) is 115 Å². The fraction of sp³-hybridized carbons (Fsp3) is 0.0429. The van der Waals surface area contributed by atoms with Crippen LogP contribution in [0, 0.1) is 0 Å². The monoisotopic (exact) mass is 1800 g/mol. The third-order valence-corrected chi connectivity index (χ3v) is 53.0. The standard InChI is InChI=1S/C140H12N8/c1-3-7-11-9(5-1)129-141-130-10-6-2-4-8-12(10)132(143-130)145-134-138-123-107-91-71-51-35-19-14-16-23-31-27(19)43-59-47(31)67-55-39(23)40-24(16)32-28-20(14)36(35)52-64-44(28)60-48(32)68-56(40)76-75(55)95-83(67)103-87(59)99(79(91)63(43)51)115(123)119(103)127-111(95)112-96(76)84(68)104-88(60)100-80(64)92(72(52)71)108(107)124(138)116(100)120(104)128(112)140(127,138)136(147-134)148-135-139-125-109-93-73-53-37-21-15-13-17-25-29(21)45-57-41(25)61-49-33(17)34-18(13)26-30-22(15)38(37)54-66-46(30)58-42(26)62-50(34)70-69(49)89-77(61)97-85(57)101(81(93)65(45)53)117(125)113(97)121-105(89)106-90(70)78(62)98-86(58)102-82(66)94(74(54)73)110(109)126(139)118(102)114(98)122(106)137(121,139)133(146-135)144-131(11)142-129/h1-8,133,135,146H,(H,141,142,143,144,145,147,148). The molecule has 12 aliphatic rings. The first-order valence-electron chi connectivity index (χ1n) is 54.6. The van der Waals surface area contributed by atoms with Crippen molar-refractivity contribution in [1.82, 2.24) is 10.3 Å². The van der Waals surface area contributed by atoms with E-state index in [1.54, 1.807) is 561 Å². The Balaban J connectivity index is 0.655. The zero-order valence-electron chi connectivity index (χ0n) is 74.5. The third kappa shape index (κ3) is 3.00. The van der Waals surface area contributed by atoms with Crippen molar-refractivity contribution in [2.75, 3.05) is 0 Å². The molecular weight excluding hydrogens is 1790 g/mol. The van der Waals surface area contributed by atoms with Gasteiger partial charge in [0, 0.05) is 21.9 Å². The van der Waals surface area contributed by atoms with E-state index >= 15 is 0 Å². The highest BCUT2D eigenvalue weighted by Crippen LogP contribution is 2.92. The largest absolute Gasteiger partial charge is 0.324 e. The van der Waals surface area contributed by atoms with Crippen molar-refractivity contribution >= 4 is 616 Å². The fourth-order valence-electron chi connectivity index (χ4n) is 52.6. The highest BCUT2D eigenvalue weighted by Gasteiger charge is 2.82. The number of aromatic amines is 1. The average molecular weight is 1810 g/mol. The van der Waals surface area contributed by atoms with E-state index in [1.807, 2.05) is 0 Å². The van der Waals surface area contributed by atoms with Crippen LogP contribution in [-0.2, 0) is 21.7 Å². The van der Waals surface area contributed by atoms with Gasteiger partial charge in [-0.25, -0.2) is 30.0 Å². The number of aromatic nitrogens is 1. The van der Waals surface area contributed by atoms with Crippen LogP contribution < -0.4 is 16.3 Å². The predicted molar refractivity (Wildman–Crippen MR) is 613 cm³/mol. The summed E-state index contributed by atoms with van der Waals surface area (Å²) in [6, 6.07) is 18.3. The molecule has 0 amide bonds. The topological polar surface area (TPSA) is 102 Å². The second-order valence-electron chi connectivity index (χ2n) is 53.5.